The molecular weight excluding hydrogens is 296 g/mol. The van der Waals surface area contributed by atoms with Gasteiger partial charge >= 0.3 is 6.03 Å². The molecule has 1 heterocycles. The average Bonchev–Trinajstić information content (AvgIpc) is 3.03. The van der Waals surface area contributed by atoms with Crippen molar-refractivity contribution < 1.29 is 14.4 Å². The van der Waals surface area contributed by atoms with Crippen LogP contribution in [0, 0.1) is 5.92 Å². The van der Waals surface area contributed by atoms with Gasteiger partial charge in [0.05, 0.1) is 0 Å². The normalized spacial score (nSPS) is 21.4. The lowest BCUT2D eigenvalue weighted by Gasteiger charge is -2.34. The number of amides is 2. The van der Waals surface area contributed by atoms with Crippen LogP contribution in [0.15, 0.2) is 4.52 Å². The van der Waals surface area contributed by atoms with Gasteiger partial charge < -0.3 is 19.8 Å². The summed E-state index contributed by atoms with van der Waals surface area (Å²) in [5, 5.41) is 16.0. The van der Waals surface area contributed by atoms with Crippen LogP contribution in [0.2, 0.25) is 0 Å². The second-order valence-corrected chi connectivity index (χ2v) is 6.65. The van der Waals surface area contributed by atoms with Crippen molar-refractivity contribution in [2.24, 2.45) is 5.92 Å². The monoisotopic (exact) mass is 324 g/mol. The summed E-state index contributed by atoms with van der Waals surface area (Å²) < 4.78 is 5.16. The Bertz CT molecular complexity index is 495. The highest BCUT2D eigenvalue weighted by molar-refractivity contribution is 5.74. The first kappa shape index (κ1) is 17.7. The first-order valence-corrected chi connectivity index (χ1v) is 8.45. The molecule has 1 saturated carbocycles. The van der Waals surface area contributed by atoms with Gasteiger partial charge in [-0.1, -0.05) is 19.0 Å². The van der Waals surface area contributed by atoms with Crippen molar-refractivity contribution in [3.05, 3.63) is 11.7 Å². The Morgan fingerprint density at radius 3 is 2.65 bits per heavy atom. The highest BCUT2D eigenvalue weighted by atomic mass is 16.5. The van der Waals surface area contributed by atoms with E-state index in [2.05, 4.69) is 15.5 Å². The molecule has 0 spiro atoms. The molecule has 1 aromatic rings. The summed E-state index contributed by atoms with van der Waals surface area (Å²) in [6.07, 6.45) is 4.42. The molecule has 0 saturated heterocycles. The van der Waals surface area contributed by atoms with Gasteiger partial charge in [-0.3, -0.25) is 0 Å². The van der Waals surface area contributed by atoms with Crippen LogP contribution in [0.25, 0.3) is 0 Å². The SMILES string of the molecule is CC(C)c1noc(CCNC(=O)N(C)C2CCC(CO)CC2)n1. The Morgan fingerprint density at radius 1 is 1.39 bits per heavy atom. The maximum atomic E-state index is 12.2. The van der Waals surface area contributed by atoms with E-state index in [1.54, 1.807) is 4.90 Å². The van der Waals surface area contributed by atoms with E-state index in [4.69, 9.17) is 4.52 Å². The minimum Gasteiger partial charge on any atom is -0.396 e. The summed E-state index contributed by atoms with van der Waals surface area (Å²) in [5.41, 5.74) is 0. The molecule has 7 heteroatoms. The van der Waals surface area contributed by atoms with Crippen molar-refractivity contribution in [1.82, 2.24) is 20.4 Å². The molecule has 0 bridgehead atoms. The number of hydrogen-bond donors (Lipinski definition) is 2. The van der Waals surface area contributed by atoms with Crippen LogP contribution in [0.4, 0.5) is 4.79 Å². The van der Waals surface area contributed by atoms with Crippen molar-refractivity contribution in [2.45, 2.75) is 57.9 Å². The van der Waals surface area contributed by atoms with Crippen molar-refractivity contribution >= 4 is 6.03 Å². The van der Waals surface area contributed by atoms with Gasteiger partial charge in [0.1, 0.15) is 0 Å². The second kappa shape index (κ2) is 8.29. The molecule has 2 rings (SSSR count). The molecule has 130 valence electrons. The molecule has 0 aliphatic heterocycles. The number of aliphatic hydroxyl groups is 1. The van der Waals surface area contributed by atoms with E-state index in [0.29, 0.717) is 30.6 Å². The van der Waals surface area contributed by atoms with E-state index in [-0.39, 0.29) is 24.6 Å². The summed E-state index contributed by atoms with van der Waals surface area (Å²) in [6, 6.07) is 0.190. The fraction of sp³-hybridized carbons (Fsp3) is 0.812. The van der Waals surface area contributed by atoms with E-state index in [9.17, 15) is 9.90 Å². The van der Waals surface area contributed by atoms with Crippen LogP contribution in [-0.4, -0.2) is 52.4 Å². The van der Waals surface area contributed by atoms with E-state index in [1.807, 2.05) is 20.9 Å². The summed E-state index contributed by atoms with van der Waals surface area (Å²) >= 11 is 0. The average molecular weight is 324 g/mol. The summed E-state index contributed by atoms with van der Waals surface area (Å²) in [6.45, 7) is 4.76. The topological polar surface area (TPSA) is 91.5 Å². The van der Waals surface area contributed by atoms with Crippen LogP contribution in [0.1, 0.15) is 57.2 Å². The quantitative estimate of drug-likeness (QED) is 0.834. The zero-order chi connectivity index (χ0) is 16.8. The van der Waals surface area contributed by atoms with Crippen molar-refractivity contribution in [2.75, 3.05) is 20.2 Å². The Hall–Kier alpha value is -1.63. The smallest absolute Gasteiger partial charge is 0.317 e. The molecule has 2 amide bonds. The van der Waals surface area contributed by atoms with E-state index < -0.39 is 0 Å². The van der Waals surface area contributed by atoms with Crippen molar-refractivity contribution in [3.63, 3.8) is 0 Å². The van der Waals surface area contributed by atoms with E-state index in [1.165, 1.54) is 0 Å². The third kappa shape index (κ3) is 4.92. The van der Waals surface area contributed by atoms with Crippen LogP contribution < -0.4 is 5.32 Å². The van der Waals surface area contributed by atoms with Crippen LogP contribution in [0.3, 0.4) is 0 Å². The number of aromatic nitrogens is 2. The van der Waals surface area contributed by atoms with Crippen LogP contribution in [-0.2, 0) is 6.42 Å². The molecule has 1 aliphatic rings. The van der Waals surface area contributed by atoms with Crippen molar-refractivity contribution in [3.8, 4) is 0 Å². The first-order valence-electron chi connectivity index (χ1n) is 8.45. The number of carbonyl (C=O) groups is 1. The molecule has 0 unspecified atom stereocenters. The Labute approximate surface area is 137 Å². The highest BCUT2D eigenvalue weighted by Gasteiger charge is 2.26. The lowest BCUT2D eigenvalue weighted by molar-refractivity contribution is 0.134. The maximum absolute atomic E-state index is 12.2. The molecule has 7 nitrogen and oxygen atoms in total. The molecule has 1 aliphatic carbocycles. The van der Waals surface area contributed by atoms with Crippen molar-refractivity contribution in [1.29, 1.82) is 0 Å². The predicted octanol–water partition coefficient (Wildman–Crippen LogP) is 1.93. The molecule has 1 fully saturated rings. The molecule has 23 heavy (non-hydrogen) atoms. The molecule has 0 atom stereocenters. The summed E-state index contributed by atoms with van der Waals surface area (Å²) in [5.74, 6) is 1.89. The Kier molecular flexibility index (Phi) is 6.38. The lowest BCUT2D eigenvalue weighted by atomic mass is 9.86. The minimum absolute atomic E-state index is 0.0685. The number of hydrogen-bond acceptors (Lipinski definition) is 5. The lowest BCUT2D eigenvalue weighted by Crippen LogP contribution is -2.45. The van der Waals surface area contributed by atoms with Gasteiger partial charge in [-0.25, -0.2) is 4.79 Å². The number of nitrogens with one attached hydrogen (secondary N) is 1. The fourth-order valence-electron chi connectivity index (χ4n) is 2.89. The van der Waals surface area contributed by atoms with Crippen LogP contribution in [0.5, 0.6) is 0 Å². The molecule has 1 aromatic heterocycles. The number of carbonyl (C=O) groups excluding carboxylic acids is 1. The standard InChI is InChI=1S/C16H28N4O3/c1-11(2)15-18-14(23-19-15)8-9-17-16(22)20(3)13-6-4-12(10-21)5-7-13/h11-13,21H,4-10H2,1-3H3,(H,17,22). The maximum Gasteiger partial charge on any atom is 0.317 e. The second-order valence-electron chi connectivity index (χ2n) is 6.65. The molecule has 0 aromatic carbocycles. The van der Waals surface area contributed by atoms with Gasteiger partial charge in [-0.2, -0.15) is 4.98 Å². The Morgan fingerprint density at radius 2 is 2.09 bits per heavy atom. The number of rotatable bonds is 6. The fourth-order valence-corrected chi connectivity index (χ4v) is 2.89. The highest BCUT2D eigenvalue weighted by Crippen LogP contribution is 2.26. The van der Waals surface area contributed by atoms with Gasteiger partial charge in [0.25, 0.3) is 0 Å². The zero-order valence-corrected chi connectivity index (χ0v) is 14.3. The molecular formula is C16H28N4O3. The summed E-state index contributed by atoms with van der Waals surface area (Å²) in [7, 11) is 1.84. The van der Waals surface area contributed by atoms with E-state index >= 15 is 0 Å². The van der Waals surface area contributed by atoms with Gasteiger partial charge in [0.15, 0.2) is 5.82 Å². The van der Waals surface area contributed by atoms with Gasteiger partial charge in [-0.15, -0.1) is 0 Å². The summed E-state index contributed by atoms with van der Waals surface area (Å²) in [4.78, 5) is 18.3. The number of nitrogens with zero attached hydrogens (tertiary/aromatic N) is 3. The van der Waals surface area contributed by atoms with Gasteiger partial charge in [-0.05, 0) is 31.6 Å². The largest absolute Gasteiger partial charge is 0.396 e. The Balaban J connectivity index is 1.71. The third-order valence-corrected chi connectivity index (χ3v) is 4.56. The third-order valence-electron chi connectivity index (χ3n) is 4.56. The first-order chi connectivity index (χ1) is 11.0. The number of urea groups is 1. The van der Waals surface area contributed by atoms with E-state index in [0.717, 1.165) is 25.7 Å². The van der Waals surface area contributed by atoms with Crippen LogP contribution >= 0.6 is 0 Å². The zero-order valence-electron chi connectivity index (χ0n) is 14.3. The molecule has 0 radical (unpaired) electrons. The van der Waals surface area contributed by atoms with Gasteiger partial charge in [0.2, 0.25) is 5.89 Å². The molecule has 2 N–H and O–H groups in total. The van der Waals surface area contributed by atoms with Gasteiger partial charge in [0, 0.05) is 38.6 Å². The predicted molar refractivity (Wildman–Crippen MR) is 86.1 cm³/mol. The minimum atomic E-state index is -0.0685. The number of aliphatic hydroxyl groups excluding tert-OH is 1.